The topological polar surface area (TPSA) is 33.2 Å². The average molecular weight is 253 g/mol. The highest BCUT2D eigenvalue weighted by atomic mass is 35.5. The predicted molar refractivity (Wildman–Crippen MR) is 68.2 cm³/mol. The van der Waals surface area contributed by atoms with Crippen molar-refractivity contribution < 1.29 is 4.79 Å². The van der Waals surface area contributed by atoms with E-state index >= 15 is 0 Å². The minimum atomic E-state index is 0.0116. The Morgan fingerprint density at radius 3 is 3.06 bits per heavy atom. The van der Waals surface area contributed by atoms with Gasteiger partial charge in [0.25, 0.3) is 5.91 Å². The molecule has 1 atom stereocenters. The Kier molecular flexibility index (Phi) is 4.00. The highest BCUT2D eigenvalue weighted by Gasteiger charge is 2.24. The SMILES string of the molecule is CC1CCCCCN1C(=O)c1cccnc1Cl. The van der Waals surface area contributed by atoms with Crippen LogP contribution in [0.3, 0.4) is 0 Å². The molecule has 1 amide bonds. The second kappa shape index (κ2) is 5.50. The smallest absolute Gasteiger partial charge is 0.257 e. The molecule has 1 saturated heterocycles. The van der Waals surface area contributed by atoms with Crippen molar-refractivity contribution in [1.29, 1.82) is 0 Å². The van der Waals surface area contributed by atoms with Gasteiger partial charge in [0, 0.05) is 18.8 Å². The van der Waals surface area contributed by atoms with E-state index < -0.39 is 0 Å². The maximum Gasteiger partial charge on any atom is 0.257 e. The van der Waals surface area contributed by atoms with Crippen molar-refractivity contribution in [3.63, 3.8) is 0 Å². The van der Waals surface area contributed by atoms with E-state index in [0.717, 1.165) is 19.4 Å². The van der Waals surface area contributed by atoms with Crippen LogP contribution in [0.4, 0.5) is 0 Å². The van der Waals surface area contributed by atoms with Crippen molar-refractivity contribution >= 4 is 17.5 Å². The van der Waals surface area contributed by atoms with E-state index in [1.165, 1.54) is 12.8 Å². The third-order valence-corrected chi connectivity index (χ3v) is 3.60. The molecule has 1 aliphatic rings. The van der Waals surface area contributed by atoms with Crippen LogP contribution in [0, 0.1) is 0 Å². The quantitative estimate of drug-likeness (QED) is 0.720. The Morgan fingerprint density at radius 1 is 1.47 bits per heavy atom. The molecule has 1 unspecified atom stereocenters. The molecule has 0 saturated carbocycles. The van der Waals surface area contributed by atoms with Crippen molar-refractivity contribution in [2.75, 3.05) is 6.54 Å². The number of aromatic nitrogens is 1. The molecule has 2 heterocycles. The van der Waals surface area contributed by atoms with Crippen molar-refractivity contribution in [2.24, 2.45) is 0 Å². The number of hydrogen-bond donors (Lipinski definition) is 0. The third-order valence-electron chi connectivity index (χ3n) is 3.30. The lowest BCUT2D eigenvalue weighted by Gasteiger charge is -2.27. The van der Waals surface area contributed by atoms with Gasteiger partial charge in [-0.3, -0.25) is 4.79 Å². The number of carbonyl (C=O) groups is 1. The summed E-state index contributed by atoms with van der Waals surface area (Å²) in [5.41, 5.74) is 0.517. The van der Waals surface area contributed by atoms with Crippen LogP contribution in [0.25, 0.3) is 0 Å². The van der Waals surface area contributed by atoms with Gasteiger partial charge >= 0.3 is 0 Å². The highest BCUT2D eigenvalue weighted by molar-refractivity contribution is 6.32. The molecule has 0 spiro atoms. The van der Waals surface area contributed by atoms with Crippen LogP contribution in [0.1, 0.15) is 43.0 Å². The number of halogens is 1. The van der Waals surface area contributed by atoms with E-state index in [1.54, 1.807) is 18.3 Å². The van der Waals surface area contributed by atoms with Gasteiger partial charge in [-0.25, -0.2) is 4.98 Å². The Hall–Kier alpha value is -1.09. The van der Waals surface area contributed by atoms with Gasteiger partial charge in [0.1, 0.15) is 5.15 Å². The first-order chi connectivity index (χ1) is 8.20. The zero-order valence-electron chi connectivity index (χ0n) is 10.0. The molecular weight excluding hydrogens is 236 g/mol. The van der Waals surface area contributed by atoms with Crippen LogP contribution >= 0.6 is 11.6 Å². The molecule has 1 aromatic rings. The zero-order chi connectivity index (χ0) is 12.3. The lowest BCUT2D eigenvalue weighted by atomic mass is 10.1. The normalized spacial score (nSPS) is 21.1. The highest BCUT2D eigenvalue weighted by Crippen LogP contribution is 2.21. The Balaban J connectivity index is 2.21. The van der Waals surface area contributed by atoms with E-state index in [4.69, 9.17) is 11.6 Å². The molecule has 0 radical (unpaired) electrons. The molecule has 0 aliphatic carbocycles. The summed E-state index contributed by atoms with van der Waals surface area (Å²) in [6.45, 7) is 2.93. The van der Waals surface area contributed by atoms with E-state index in [9.17, 15) is 4.79 Å². The minimum Gasteiger partial charge on any atom is -0.336 e. The maximum absolute atomic E-state index is 12.4. The summed E-state index contributed by atoms with van der Waals surface area (Å²) in [5.74, 6) is 0.0116. The number of nitrogens with zero attached hydrogens (tertiary/aromatic N) is 2. The van der Waals surface area contributed by atoms with Crippen LogP contribution in [0.2, 0.25) is 5.15 Å². The van der Waals surface area contributed by atoms with Gasteiger partial charge in [0.05, 0.1) is 5.56 Å². The molecule has 1 aliphatic heterocycles. The lowest BCUT2D eigenvalue weighted by molar-refractivity contribution is 0.0697. The van der Waals surface area contributed by atoms with Gasteiger partial charge in [0.15, 0.2) is 0 Å². The number of amides is 1. The molecule has 0 aromatic carbocycles. The van der Waals surface area contributed by atoms with Crippen LogP contribution in [-0.4, -0.2) is 28.4 Å². The predicted octanol–water partition coefficient (Wildman–Crippen LogP) is 3.14. The molecule has 92 valence electrons. The van der Waals surface area contributed by atoms with Crippen molar-refractivity contribution in [3.05, 3.63) is 29.0 Å². The summed E-state index contributed by atoms with van der Waals surface area (Å²) in [5, 5.41) is 0.300. The Morgan fingerprint density at radius 2 is 2.29 bits per heavy atom. The molecule has 17 heavy (non-hydrogen) atoms. The Bertz CT molecular complexity index is 408. The summed E-state index contributed by atoms with van der Waals surface area (Å²) in [4.78, 5) is 18.3. The summed E-state index contributed by atoms with van der Waals surface area (Å²) in [7, 11) is 0. The second-order valence-electron chi connectivity index (χ2n) is 4.54. The second-order valence-corrected chi connectivity index (χ2v) is 4.90. The van der Waals surface area contributed by atoms with E-state index in [2.05, 4.69) is 11.9 Å². The molecule has 3 nitrogen and oxygen atoms in total. The number of likely N-dealkylation sites (tertiary alicyclic amines) is 1. The van der Waals surface area contributed by atoms with Crippen molar-refractivity contribution in [3.8, 4) is 0 Å². The first-order valence-electron chi connectivity index (χ1n) is 6.11. The maximum atomic E-state index is 12.4. The summed E-state index contributed by atoms with van der Waals surface area (Å²) in [6.07, 6.45) is 6.16. The summed E-state index contributed by atoms with van der Waals surface area (Å²) >= 11 is 5.97. The molecule has 1 aromatic heterocycles. The van der Waals surface area contributed by atoms with E-state index in [-0.39, 0.29) is 5.91 Å². The van der Waals surface area contributed by atoms with Gasteiger partial charge in [-0.15, -0.1) is 0 Å². The number of carbonyl (C=O) groups excluding carboxylic acids is 1. The largest absolute Gasteiger partial charge is 0.336 e. The third kappa shape index (κ3) is 2.78. The van der Waals surface area contributed by atoms with Gasteiger partial charge < -0.3 is 4.90 Å². The number of hydrogen-bond acceptors (Lipinski definition) is 2. The monoisotopic (exact) mass is 252 g/mol. The standard InChI is InChI=1S/C13H17ClN2O/c1-10-6-3-2-4-9-16(10)13(17)11-7-5-8-15-12(11)14/h5,7-8,10H,2-4,6,9H2,1H3. The molecule has 4 heteroatoms. The molecule has 2 rings (SSSR count). The Labute approximate surface area is 107 Å². The zero-order valence-corrected chi connectivity index (χ0v) is 10.8. The van der Waals surface area contributed by atoms with E-state index in [1.807, 2.05) is 4.90 Å². The van der Waals surface area contributed by atoms with Crippen molar-refractivity contribution in [1.82, 2.24) is 9.88 Å². The van der Waals surface area contributed by atoms with Crippen LogP contribution in [-0.2, 0) is 0 Å². The first kappa shape index (κ1) is 12.4. The van der Waals surface area contributed by atoms with Gasteiger partial charge in [-0.1, -0.05) is 24.4 Å². The molecular formula is C13H17ClN2O. The van der Waals surface area contributed by atoms with Crippen LogP contribution in [0.15, 0.2) is 18.3 Å². The molecule has 0 N–H and O–H groups in total. The molecule has 1 fully saturated rings. The fourth-order valence-corrected chi connectivity index (χ4v) is 2.48. The average Bonchev–Trinajstić information content (AvgIpc) is 2.54. The van der Waals surface area contributed by atoms with E-state index in [0.29, 0.717) is 16.8 Å². The van der Waals surface area contributed by atoms with Gasteiger partial charge in [0.2, 0.25) is 0 Å². The van der Waals surface area contributed by atoms with Gasteiger partial charge in [-0.2, -0.15) is 0 Å². The van der Waals surface area contributed by atoms with Crippen molar-refractivity contribution in [2.45, 2.75) is 38.6 Å². The first-order valence-corrected chi connectivity index (χ1v) is 6.49. The molecule has 0 bridgehead atoms. The van der Waals surface area contributed by atoms with Crippen LogP contribution < -0.4 is 0 Å². The lowest BCUT2D eigenvalue weighted by Crippen LogP contribution is -2.38. The number of pyridine rings is 1. The minimum absolute atomic E-state index is 0.0116. The fraction of sp³-hybridized carbons (Fsp3) is 0.538. The number of rotatable bonds is 1. The van der Waals surface area contributed by atoms with Crippen LogP contribution in [0.5, 0.6) is 0 Å². The summed E-state index contributed by atoms with van der Waals surface area (Å²) < 4.78 is 0. The van der Waals surface area contributed by atoms with Gasteiger partial charge in [-0.05, 0) is 31.9 Å². The summed E-state index contributed by atoms with van der Waals surface area (Å²) in [6, 6.07) is 3.79. The fourth-order valence-electron chi connectivity index (χ4n) is 2.28.